The first-order chi connectivity index (χ1) is 8.72. The molecule has 1 aliphatic rings. The van der Waals surface area contributed by atoms with Crippen LogP contribution in [0.1, 0.15) is 9.67 Å². The van der Waals surface area contributed by atoms with Crippen LogP contribution in [0.5, 0.6) is 0 Å². The maximum absolute atomic E-state index is 11.9. The summed E-state index contributed by atoms with van der Waals surface area (Å²) < 4.78 is 0. The van der Waals surface area contributed by atoms with Crippen molar-refractivity contribution in [3.8, 4) is 0 Å². The summed E-state index contributed by atoms with van der Waals surface area (Å²) in [6, 6.07) is 1.91. The van der Waals surface area contributed by atoms with E-state index in [9.17, 15) is 4.79 Å². The van der Waals surface area contributed by atoms with Crippen LogP contribution in [-0.4, -0.2) is 37.0 Å². The molecule has 2 rings (SSSR count). The Morgan fingerprint density at radius 3 is 2.94 bits per heavy atom. The van der Waals surface area contributed by atoms with E-state index >= 15 is 0 Å². The van der Waals surface area contributed by atoms with Crippen molar-refractivity contribution in [1.29, 1.82) is 0 Å². The SMILES string of the molecule is C=CCNC(=O)c1sc(N2CCSCC2)cc1N. The molecular weight excluding hydrogens is 266 g/mol. The number of hydrogen-bond acceptors (Lipinski definition) is 5. The standard InChI is InChI=1S/C12H17N3OS2/c1-2-3-14-12(16)11-9(13)8-10(18-11)15-4-6-17-7-5-15/h2,8H,1,3-7,13H2,(H,14,16). The van der Waals surface area contributed by atoms with E-state index in [-0.39, 0.29) is 5.91 Å². The number of thioether (sulfide) groups is 1. The average molecular weight is 283 g/mol. The van der Waals surface area contributed by atoms with Crippen molar-refractivity contribution in [3.63, 3.8) is 0 Å². The van der Waals surface area contributed by atoms with Gasteiger partial charge < -0.3 is 16.0 Å². The molecule has 1 amide bonds. The number of nitrogens with zero attached hydrogens (tertiary/aromatic N) is 1. The van der Waals surface area contributed by atoms with Gasteiger partial charge in [-0.3, -0.25) is 4.79 Å². The van der Waals surface area contributed by atoms with Crippen molar-refractivity contribution >= 4 is 39.7 Å². The second-order valence-corrected chi connectivity index (χ2v) is 6.22. The second-order valence-electron chi connectivity index (χ2n) is 3.97. The molecule has 3 N–H and O–H groups in total. The van der Waals surface area contributed by atoms with Crippen LogP contribution in [0.25, 0.3) is 0 Å². The first-order valence-electron chi connectivity index (χ1n) is 5.83. The fourth-order valence-electron chi connectivity index (χ4n) is 1.75. The smallest absolute Gasteiger partial charge is 0.263 e. The third-order valence-corrected chi connectivity index (χ3v) is 4.84. The quantitative estimate of drug-likeness (QED) is 0.827. The number of carbonyl (C=O) groups excluding carboxylic acids is 1. The molecule has 0 saturated carbocycles. The predicted octanol–water partition coefficient (Wildman–Crippen LogP) is 1.80. The number of anilines is 2. The van der Waals surface area contributed by atoms with Gasteiger partial charge in [0.05, 0.1) is 10.7 Å². The summed E-state index contributed by atoms with van der Waals surface area (Å²) in [5.74, 6) is 2.15. The van der Waals surface area contributed by atoms with Gasteiger partial charge in [-0.05, 0) is 6.07 Å². The maximum Gasteiger partial charge on any atom is 0.263 e. The number of rotatable bonds is 4. The molecule has 0 unspecified atom stereocenters. The van der Waals surface area contributed by atoms with E-state index in [1.165, 1.54) is 11.3 Å². The molecule has 1 aliphatic heterocycles. The maximum atomic E-state index is 11.9. The van der Waals surface area contributed by atoms with Gasteiger partial charge in [-0.25, -0.2) is 0 Å². The lowest BCUT2D eigenvalue weighted by Gasteiger charge is -2.26. The number of nitrogens with one attached hydrogen (secondary N) is 1. The van der Waals surface area contributed by atoms with Gasteiger partial charge >= 0.3 is 0 Å². The van der Waals surface area contributed by atoms with Gasteiger partial charge in [0.15, 0.2) is 0 Å². The highest BCUT2D eigenvalue weighted by molar-refractivity contribution is 7.99. The Balaban J connectivity index is 2.10. The van der Waals surface area contributed by atoms with Crippen molar-refractivity contribution in [2.24, 2.45) is 0 Å². The number of amides is 1. The van der Waals surface area contributed by atoms with Crippen LogP contribution < -0.4 is 16.0 Å². The molecule has 0 bridgehead atoms. The second kappa shape index (κ2) is 6.15. The normalized spacial score (nSPS) is 15.4. The Morgan fingerprint density at radius 1 is 1.56 bits per heavy atom. The van der Waals surface area contributed by atoms with Crippen LogP contribution in [0.15, 0.2) is 18.7 Å². The minimum Gasteiger partial charge on any atom is -0.397 e. The van der Waals surface area contributed by atoms with Gasteiger partial charge in [0.25, 0.3) is 5.91 Å². The fraction of sp³-hybridized carbons (Fsp3) is 0.417. The molecular formula is C12H17N3OS2. The fourth-order valence-corrected chi connectivity index (χ4v) is 3.71. The number of nitrogens with two attached hydrogens (primary N) is 1. The molecule has 18 heavy (non-hydrogen) atoms. The van der Waals surface area contributed by atoms with Crippen molar-refractivity contribution < 1.29 is 4.79 Å². The van der Waals surface area contributed by atoms with Crippen molar-refractivity contribution in [2.75, 3.05) is 41.8 Å². The van der Waals surface area contributed by atoms with E-state index in [1.54, 1.807) is 6.08 Å². The molecule has 1 fully saturated rings. The first kappa shape index (κ1) is 13.3. The summed E-state index contributed by atoms with van der Waals surface area (Å²) in [5.41, 5.74) is 6.48. The number of hydrogen-bond donors (Lipinski definition) is 2. The summed E-state index contributed by atoms with van der Waals surface area (Å²) in [6.07, 6.45) is 1.66. The molecule has 4 nitrogen and oxygen atoms in total. The molecule has 0 radical (unpaired) electrons. The third kappa shape index (κ3) is 3.00. The molecule has 6 heteroatoms. The molecule has 0 atom stereocenters. The van der Waals surface area contributed by atoms with Gasteiger partial charge in [-0.2, -0.15) is 11.8 Å². The van der Waals surface area contributed by atoms with E-state index in [4.69, 9.17) is 5.73 Å². The molecule has 1 aromatic rings. The average Bonchev–Trinajstić information content (AvgIpc) is 2.79. The van der Waals surface area contributed by atoms with Crippen LogP contribution in [0.2, 0.25) is 0 Å². The zero-order valence-corrected chi connectivity index (χ0v) is 11.8. The van der Waals surface area contributed by atoms with Gasteiger partial charge in [0, 0.05) is 31.1 Å². The molecule has 2 heterocycles. The Kier molecular flexibility index (Phi) is 4.54. The van der Waals surface area contributed by atoms with Crippen LogP contribution >= 0.6 is 23.1 Å². The van der Waals surface area contributed by atoms with E-state index in [0.29, 0.717) is 17.1 Å². The van der Waals surface area contributed by atoms with Crippen LogP contribution in [0.4, 0.5) is 10.7 Å². The minimum atomic E-state index is -0.116. The predicted molar refractivity (Wildman–Crippen MR) is 80.8 cm³/mol. The van der Waals surface area contributed by atoms with Crippen LogP contribution in [-0.2, 0) is 0 Å². The van der Waals surface area contributed by atoms with Crippen LogP contribution in [0.3, 0.4) is 0 Å². The Hall–Kier alpha value is -1.14. The first-order valence-corrected chi connectivity index (χ1v) is 7.80. The Bertz CT molecular complexity index is 439. The lowest BCUT2D eigenvalue weighted by atomic mass is 10.3. The molecule has 98 valence electrons. The summed E-state index contributed by atoms with van der Waals surface area (Å²) in [7, 11) is 0. The van der Waals surface area contributed by atoms with E-state index in [0.717, 1.165) is 29.6 Å². The summed E-state index contributed by atoms with van der Waals surface area (Å²) in [6.45, 7) is 6.09. The summed E-state index contributed by atoms with van der Waals surface area (Å²) in [4.78, 5) is 14.8. The Morgan fingerprint density at radius 2 is 2.28 bits per heavy atom. The lowest BCUT2D eigenvalue weighted by molar-refractivity contribution is 0.0963. The third-order valence-electron chi connectivity index (χ3n) is 2.68. The highest BCUT2D eigenvalue weighted by atomic mass is 32.2. The summed E-state index contributed by atoms with van der Waals surface area (Å²) >= 11 is 3.43. The van der Waals surface area contributed by atoms with Gasteiger partial charge in [0.2, 0.25) is 0 Å². The molecule has 0 aliphatic carbocycles. The monoisotopic (exact) mass is 283 g/mol. The topological polar surface area (TPSA) is 58.4 Å². The highest BCUT2D eigenvalue weighted by Crippen LogP contribution is 2.33. The lowest BCUT2D eigenvalue weighted by Crippen LogP contribution is -2.31. The molecule has 0 spiro atoms. The van der Waals surface area contributed by atoms with E-state index in [1.807, 2.05) is 17.8 Å². The molecule has 1 aromatic heterocycles. The summed E-state index contributed by atoms with van der Waals surface area (Å²) in [5, 5.41) is 3.85. The van der Waals surface area contributed by atoms with Crippen molar-refractivity contribution in [2.45, 2.75) is 0 Å². The van der Waals surface area contributed by atoms with E-state index in [2.05, 4.69) is 16.8 Å². The van der Waals surface area contributed by atoms with E-state index < -0.39 is 0 Å². The molecule has 0 aromatic carbocycles. The van der Waals surface area contributed by atoms with Crippen molar-refractivity contribution in [3.05, 3.63) is 23.6 Å². The van der Waals surface area contributed by atoms with Gasteiger partial charge in [-0.15, -0.1) is 17.9 Å². The largest absolute Gasteiger partial charge is 0.397 e. The zero-order chi connectivity index (χ0) is 13.0. The number of thiophene rings is 1. The van der Waals surface area contributed by atoms with Crippen LogP contribution in [0, 0.1) is 0 Å². The minimum absolute atomic E-state index is 0.116. The van der Waals surface area contributed by atoms with Gasteiger partial charge in [0.1, 0.15) is 4.88 Å². The highest BCUT2D eigenvalue weighted by Gasteiger charge is 2.18. The van der Waals surface area contributed by atoms with Crippen molar-refractivity contribution in [1.82, 2.24) is 5.32 Å². The molecule has 1 saturated heterocycles. The number of carbonyl (C=O) groups is 1. The zero-order valence-electron chi connectivity index (χ0n) is 10.1. The van der Waals surface area contributed by atoms with Gasteiger partial charge in [-0.1, -0.05) is 6.08 Å². The Labute approximate surface area is 115 Å². The number of nitrogen functional groups attached to an aromatic ring is 1.